The number of hydrogen-bond acceptors (Lipinski definition) is 5. The Morgan fingerprint density at radius 2 is 1.76 bits per heavy atom. The first-order valence-corrected chi connectivity index (χ1v) is 7.88. The maximum absolute atomic E-state index is 11.5. The van der Waals surface area contributed by atoms with Crippen LogP contribution in [0.15, 0.2) is 47.4 Å². The number of para-hydroxylation sites is 3. The molecule has 7 heteroatoms. The summed E-state index contributed by atoms with van der Waals surface area (Å²) in [5, 5.41) is 8.21. The van der Waals surface area contributed by atoms with Crippen LogP contribution in [0.3, 0.4) is 0 Å². The number of benzene rings is 2. The third-order valence-electron chi connectivity index (χ3n) is 2.83. The van der Waals surface area contributed by atoms with Gasteiger partial charge in [-0.05, 0) is 31.2 Å². The predicted octanol–water partition coefficient (Wildman–Crippen LogP) is 2.06. The molecular weight excluding hydrogens is 290 g/mol. The van der Waals surface area contributed by atoms with E-state index in [1.807, 2.05) is 31.2 Å². The lowest BCUT2D eigenvalue weighted by atomic mass is 10.2. The van der Waals surface area contributed by atoms with E-state index < -0.39 is 10.0 Å². The number of ether oxygens (including phenoxy) is 1. The lowest BCUT2D eigenvalue weighted by Crippen LogP contribution is -2.15. The average molecular weight is 307 g/mol. The summed E-state index contributed by atoms with van der Waals surface area (Å²) < 4.78 is 28.4. The number of rotatable bonds is 5. The van der Waals surface area contributed by atoms with Crippen LogP contribution in [0, 0.1) is 0 Å². The average Bonchev–Trinajstić information content (AvgIpc) is 2.42. The molecule has 0 saturated heterocycles. The summed E-state index contributed by atoms with van der Waals surface area (Å²) in [7, 11) is -3.86. The quantitative estimate of drug-likeness (QED) is 0.733. The van der Waals surface area contributed by atoms with Gasteiger partial charge in [0.1, 0.15) is 10.6 Å². The Labute approximate surface area is 123 Å². The van der Waals surface area contributed by atoms with Gasteiger partial charge in [0.15, 0.2) is 0 Å². The standard InChI is InChI=1S/C14H17N3O3S/c1-2-20-12-8-4-3-6-10(12)17-11-7-5-9-13(14(11)15)21(16,18)19/h3-9,17H,2,15H2,1H3,(H2,16,18,19). The van der Waals surface area contributed by atoms with Gasteiger partial charge in [0.25, 0.3) is 0 Å². The van der Waals surface area contributed by atoms with Crippen molar-refractivity contribution in [3.05, 3.63) is 42.5 Å². The fraction of sp³-hybridized carbons (Fsp3) is 0.143. The largest absolute Gasteiger partial charge is 0.492 e. The lowest BCUT2D eigenvalue weighted by molar-refractivity contribution is 0.342. The van der Waals surface area contributed by atoms with Crippen molar-refractivity contribution in [3.8, 4) is 5.75 Å². The molecule has 0 aromatic heterocycles. The molecule has 5 N–H and O–H groups in total. The van der Waals surface area contributed by atoms with Crippen molar-refractivity contribution in [1.82, 2.24) is 0 Å². The highest BCUT2D eigenvalue weighted by Gasteiger charge is 2.15. The van der Waals surface area contributed by atoms with E-state index in [-0.39, 0.29) is 10.6 Å². The molecule has 0 aliphatic heterocycles. The summed E-state index contributed by atoms with van der Waals surface area (Å²) >= 11 is 0. The van der Waals surface area contributed by atoms with Crippen molar-refractivity contribution >= 4 is 27.1 Å². The molecule has 2 aromatic rings. The number of nitrogen functional groups attached to an aromatic ring is 1. The Balaban J connectivity index is 2.42. The van der Waals surface area contributed by atoms with Crippen LogP contribution in [0.1, 0.15) is 6.92 Å². The molecule has 0 atom stereocenters. The van der Waals surface area contributed by atoms with Crippen molar-refractivity contribution < 1.29 is 13.2 Å². The van der Waals surface area contributed by atoms with E-state index in [0.29, 0.717) is 23.7 Å². The summed E-state index contributed by atoms with van der Waals surface area (Å²) in [5.41, 5.74) is 7.10. The van der Waals surface area contributed by atoms with Gasteiger partial charge in [0.05, 0.1) is 23.7 Å². The highest BCUT2D eigenvalue weighted by molar-refractivity contribution is 7.89. The van der Waals surface area contributed by atoms with E-state index in [2.05, 4.69) is 5.32 Å². The minimum atomic E-state index is -3.86. The second-order valence-electron chi connectivity index (χ2n) is 4.32. The summed E-state index contributed by atoms with van der Waals surface area (Å²) in [6, 6.07) is 11.9. The molecular formula is C14H17N3O3S. The highest BCUT2D eigenvalue weighted by Crippen LogP contribution is 2.32. The normalized spacial score (nSPS) is 11.1. The van der Waals surface area contributed by atoms with E-state index in [0.717, 1.165) is 0 Å². The molecule has 0 aliphatic rings. The summed E-state index contributed by atoms with van der Waals surface area (Å²) in [5.74, 6) is 0.653. The molecule has 0 bridgehead atoms. The molecule has 0 aliphatic carbocycles. The second-order valence-corrected chi connectivity index (χ2v) is 5.85. The van der Waals surface area contributed by atoms with Crippen molar-refractivity contribution in [2.24, 2.45) is 5.14 Å². The van der Waals surface area contributed by atoms with E-state index >= 15 is 0 Å². The zero-order valence-corrected chi connectivity index (χ0v) is 12.4. The third kappa shape index (κ3) is 3.45. The molecule has 2 aromatic carbocycles. The molecule has 0 radical (unpaired) electrons. The SMILES string of the molecule is CCOc1ccccc1Nc1cccc(S(N)(=O)=O)c1N. The van der Waals surface area contributed by atoms with Crippen LogP contribution < -0.4 is 20.9 Å². The number of nitrogens with one attached hydrogen (secondary N) is 1. The maximum atomic E-state index is 11.5. The summed E-state index contributed by atoms with van der Waals surface area (Å²) in [6.45, 7) is 2.40. The number of nitrogens with two attached hydrogens (primary N) is 2. The van der Waals surface area contributed by atoms with Crippen LogP contribution in [0.2, 0.25) is 0 Å². The van der Waals surface area contributed by atoms with Crippen LogP contribution in [-0.2, 0) is 10.0 Å². The van der Waals surface area contributed by atoms with Gasteiger partial charge in [-0.25, -0.2) is 13.6 Å². The summed E-state index contributed by atoms with van der Waals surface area (Å²) in [4.78, 5) is -0.110. The first-order chi connectivity index (χ1) is 9.93. The molecule has 0 fully saturated rings. The first kappa shape index (κ1) is 15.1. The maximum Gasteiger partial charge on any atom is 0.240 e. The molecule has 0 saturated carbocycles. The van der Waals surface area contributed by atoms with Gasteiger partial charge in [0, 0.05) is 0 Å². The lowest BCUT2D eigenvalue weighted by Gasteiger charge is -2.15. The van der Waals surface area contributed by atoms with Crippen LogP contribution in [0.4, 0.5) is 17.1 Å². The van der Waals surface area contributed by atoms with Gasteiger partial charge in [-0.15, -0.1) is 0 Å². The topological polar surface area (TPSA) is 107 Å². The number of anilines is 3. The third-order valence-corrected chi connectivity index (χ3v) is 3.80. The fourth-order valence-corrected chi connectivity index (χ4v) is 2.58. The van der Waals surface area contributed by atoms with Crippen molar-refractivity contribution in [2.45, 2.75) is 11.8 Å². The van der Waals surface area contributed by atoms with Gasteiger partial charge in [0.2, 0.25) is 10.0 Å². The minimum Gasteiger partial charge on any atom is -0.492 e. The molecule has 21 heavy (non-hydrogen) atoms. The Bertz CT molecular complexity index is 745. The predicted molar refractivity (Wildman–Crippen MR) is 83.1 cm³/mol. The summed E-state index contributed by atoms with van der Waals surface area (Å²) in [6.07, 6.45) is 0. The molecule has 0 unspecified atom stereocenters. The molecule has 6 nitrogen and oxygen atoms in total. The Morgan fingerprint density at radius 3 is 2.43 bits per heavy atom. The monoisotopic (exact) mass is 307 g/mol. The first-order valence-electron chi connectivity index (χ1n) is 6.33. The van der Waals surface area contributed by atoms with E-state index in [1.54, 1.807) is 12.1 Å². The molecule has 0 amide bonds. The van der Waals surface area contributed by atoms with Gasteiger partial charge in [-0.1, -0.05) is 18.2 Å². The van der Waals surface area contributed by atoms with Gasteiger partial charge in [-0.3, -0.25) is 0 Å². The minimum absolute atomic E-state index is 0.0753. The van der Waals surface area contributed by atoms with Gasteiger partial charge < -0.3 is 15.8 Å². The molecule has 0 spiro atoms. The Morgan fingerprint density at radius 1 is 1.10 bits per heavy atom. The zero-order chi connectivity index (χ0) is 15.5. The van der Waals surface area contributed by atoms with Crippen LogP contribution in [0.5, 0.6) is 5.75 Å². The highest BCUT2D eigenvalue weighted by atomic mass is 32.2. The zero-order valence-electron chi connectivity index (χ0n) is 11.5. The number of sulfonamides is 1. The van der Waals surface area contributed by atoms with Crippen molar-refractivity contribution in [2.75, 3.05) is 17.7 Å². The van der Waals surface area contributed by atoms with E-state index in [1.165, 1.54) is 6.07 Å². The second kappa shape index (κ2) is 6.02. The van der Waals surface area contributed by atoms with Crippen LogP contribution >= 0.6 is 0 Å². The van der Waals surface area contributed by atoms with Crippen molar-refractivity contribution in [1.29, 1.82) is 0 Å². The fourth-order valence-electron chi connectivity index (χ4n) is 1.90. The van der Waals surface area contributed by atoms with E-state index in [4.69, 9.17) is 15.6 Å². The van der Waals surface area contributed by atoms with Crippen molar-refractivity contribution in [3.63, 3.8) is 0 Å². The van der Waals surface area contributed by atoms with Gasteiger partial charge in [-0.2, -0.15) is 0 Å². The number of hydrogen-bond donors (Lipinski definition) is 3. The van der Waals surface area contributed by atoms with Crippen LogP contribution in [-0.4, -0.2) is 15.0 Å². The Hall–Kier alpha value is -2.25. The number of primary sulfonamides is 1. The Kier molecular flexibility index (Phi) is 4.35. The van der Waals surface area contributed by atoms with Gasteiger partial charge >= 0.3 is 0 Å². The van der Waals surface area contributed by atoms with Crippen LogP contribution in [0.25, 0.3) is 0 Å². The molecule has 2 rings (SSSR count). The molecule has 0 heterocycles. The van der Waals surface area contributed by atoms with E-state index in [9.17, 15) is 8.42 Å². The molecule has 112 valence electrons. The smallest absolute Gasteiger partial charge is 0.240 e.